The fourth-order valence-electron chi connectivity index (χ4n) is 2.24. The van der Waals surface area contributed by atoms with Gasteiger partial charge in [-0.2, -0.15) is 0 Å². The van der Waals surface area contributed by atoms with Crippen molar-refractivity contribution in [2.75, 3.05) is 0 Å². The molecule has 0 aliphatic heterocycles. The lowest BCUT2D eigenvalue weighted by atomic mass is 9.72. The number of carbonyl (C=O) groups is 1. The van der Waals surface area contributed by atoms with Crippen LogP contribution in [0.5, 0.6) is 0 Å². The van der Waals surface area contributed by atoms with Crippen molar-refractivity contribution in [3.05, 3.63) is 10.6 Å². The van der Waals surface area contributed by atoms with Gasteiger partial charge in [0.1, 0.15) is 6.29 Å². The van der Waals surface area contributed by atoms with E-state index in [1.807, 2.05) is 0 Å². The highest BCUT2D eigenvalue weighted by Gasteiger charge is 2.33. The zero-order valence-corrected chi connectivity index (χ0v) is 7.10. The maximum Gasteiger partial charge on any atom is 0.147 e. The van der Waals surface area contributed by atoms with Gasteiger partial charge in [0.05, 0.1) is 0 Å². The molecule has 0 spiro atoms. The molecule has 0 radical (unpaired) electrons. The molecule has 3 aliphatic carbocycles. The van der Waals surface area contributed by atoms with Crippen LogP contribution in [0.2, 0.25) is 0 Å². The summed E-state index contributed by atoms with van der Waals surface area (Å²) in [6, 6.07) is 0. The van der Waals surface area contributed by atoms with Crippen molar-refractivity contribution in [1.82, 2.24) is 0 Å². The zero-order chi connectivity index (χ0) is 7.84. The first-order valence-corrected chi connectivity index (χ1v) is 4.55. The molecule has 3 rings (SSSR count). The molecule has 60 valence electrons. The molecule has 1 nitrogen and oxygen atoms in total. The summed E-state index contributed by atoms with van der Waals surface area (Å²) in [6.45, 7) is 0. The number of fused-ring (bicyclic) bond motifs is 2. The molecule has 2 heteroatoms. The maximum absolute atomic E-state index is 10.6. The monoisotopic (exact) mass is 170 g/mol. The predicted octanol–water partition coefficient (Wildman–Crippen LogP) is 2.50. The van der Waals surface area contributed by atoms with E-state index in [9.17, 15) is 4.79 Å². The number of hydrogen-bond acceptors (Lipinski definition) is 1. The molecule has 0 amide bonds. The third-order valence-electron chi connectivity index (χ3n) is 2.93. The fraction of sp³-hybridized carbons (Fsp3) is 0.667. The van der Waals surface area contributed by atoms with Gasteiger partial charge in [0.25, 0.3) is 0 Å². The van der Waals surface area contributed by atoms with Gasteiger partial charge in [-0.05, 0) is 37.5 Å². The Balaban J connectivity index is 2.38. The van der Waals surface area contributed by atoms with E-state index in [0.29, 0.717) is 11.8 Å². The molecule has 1 saturated carbocycles. The molecule has 2 bridgehead atoms. The van der Waals surface area contributed by atoms with Crippen molar-refractivity contribution in [3.8, 4) is 0 Å². The van der Waals surface area contributed by atoms with Crippen LogP contribution in [0, 0.1) is 11.8 Å². The van der Waals surface area contributed by atoms with E-state index in [1.165, 1.54) is 25.7 Å². The van der Waals surface area contributed by atoms with Crippen LogP contribution in [0.15, 0.2) is 10.6 Å². The first kappa shape index (κ1) is 7.35. The summed E-state index contributed by atoms with van der Waals surface area (Å²) in [4.78, 5) is 10.6. The predicted molar refractivity (Wildman–Crippen MR) is 44.4 cm³/mol. The van der Waals surface area contributed by atoms with E-state index in [4.69, 9.17) is 11.6 Å². The lowest BCUT2D eigenvalue weighted by Gasteiger charge is -2.35. The SMILES string of the molecule is O=CC1=C(Cl)C2CCC1CC2. The molecule has 1 fully saturated rings. The first-order valence-electron chi connectivity index (χ1n) is 4.17. The van der Waals surface area contributed by atoms with E-state index < -0.39 is 0 Å². The Bertz CT molecular complexity index is 212. The average Bonchev–Trinajstić information content (AvgIpc) is 2.06. The topological polar surface area (TPSA) is 17.1 Å². The Hall–Kier alpha value is -0.300. The smallest absolute Gasteiger partial charge is 0.147 e. The second-order valence-corrected chi connectivity index (χ2v) is 3.88. The molecular formula is C9H11ClO. The van der Waals surface area contributed by atoms with E-state index >= 15 is 0 Å². The van der Waals surface area contributed by atoms with Gasteiger partial charge in [0.2, 0.25) is 0 Å². The van der Waals surface area contributed by atoms with Crippen LogP contribution >= 0.6 is 11.6 Å². The van der Waals surface area contributed by atoms with E-state index in [1.54, 1.807) is 0 Å². The summed E-state index contributed by atoms with van der Waals surface area (Å²) in [5.41, 5.74) is 0.897. The summed E-state index contributed by atoms with van der Waals surface area (Å²) < 4.78 is 0. The Kier molecular flexibility index (Phi) is 1.76. The number of rotatable bonds is 1. The van der Waals surface area contributed by atoms with E-state index in [-0.39, 0.29) is 0 Å². The Morgan fingerprint density at radius 2 is 1.73 bits per heavy atom. The number of aldehydes is 1. The van der Waals surface area contributed by atoms with Crippen molar-refractivity contribution >= 4 is 17.9 Å². The lowest BCUT2D eigenvalue weighted by Crippen LogP contribution is -2.25. The van der Waals surface area contributed by atoms with Crippen LogP contribution in [-0.2, 0) is 4.79 Å². The van der Waals surface area contributed by atoms with Gasteiger partial charge in [-0.15, -0.1) is 0 Å². The quantitative estimate of drug-likeness (QED) is 0.553. The molecule has 0 saturated heterocycles. The number of hydrogen-bond donors (Lipinski definition) is 0. The molecular weight excluding hydrogens is 160 g/mol. The second-order valence-electron chi connectivity index (χ2n) is 3.47. The van der Waals surface area contributed by atoms with Crippen molar-refractivity contribution in [1.29, 1.82) is 0 Å². The Labute approximate surface area is 71.4 Å². The molecule has 11 heavy (non-hydrogen) atoms. The Morgan fingerprint density at radius 3 is 2.09 bits per heavy atom. The van der Waals surface area contributed by atoms with Crippen molar-refractivity contribution in [2.45, 2.75) is 25.7 Å². The molecule has 3 aliphatic rings. The molecule has 0 heterocycles. The molecule has 0 aromatic rings. The molecule has 0 aromatic carbocycles. The summed E-state index contributed by atoms with van der Waals surface area (Å²) in [6.07, 6.45) is 5.70. The van der Waals surface area contributed by atoms with Gasteiger partial charge in [-0.25, -0.2) is 0 Å². The zero-order valence-electron chi connectivity index (χ0n) is 6.35. The highest BCUT2D eigenvalue weighted by molar-refractivity contribution is 6.31. The van der Waals surface area contributed by atoms with E-state index in [0.717, 1.165) is 16.9 Å². The van der Waals surface area contributed by atoms with Gasteiger partial charge in [0, 0.05) is 10.6 Å². The minimum Gasteiger partial charge on any atom is -0.298 e. The highest BCUT2D eigenvalue weighted by atomic mass is 35.5. The van der Waals surface area contributed by atoms with Gasteiger partial charge >= 0.3 is 0 Å². The van der Waals surface area contributed by atoms with Gasteiger partial charge in [-0.3, -0.25) is 4.79 Å². The lowest BCUT2D eigenvalue weighted by molar-refractivity contribution is -0.105. The van der Waals surface area contributed by atoms with Crippen LogP contribution < -0.4 is 0 Å². The molecule has 0 atom stereocenters. The van der Waals surface area contributed by atoms with Crippen molar-refractivity contribution in [3.63, 3.8) is 0 Å². The fourth-order valence-corrected chi connectivity index (χ4v) is 2.66. The van der Waals surface area contributed by atoms with Crippen LogP contribution in [0.1, 0.15) is 25.7 Å². The summed E-state index contributed by atoms with van der Waals surface area (Å²) in [5, 5.41) is 0.863. The van der Waals surface area contributed by atoms with Crippen LogP contribution in [0.3, 0.4) is 0 Å². The summed E-state index contributed by atoms with van der Waals surface area (Å²) in [7, 11) is 0. The third-order valence-corrected chi connectivity index (χ3v) is 3.46. The second kappa shape index (κ2) is 2.63. The first-order chi connectivity index (χ1) is 5.33. The van der Waals surface area contributed by atoms with Crippen molar-refractivity contribution in [2.24, 2.45) is 11.8 Å². The summed E-state index contributed by atoms with van der Waals surface area (Å²) >= 11 is 6.03. The van der Waals surface area contributed by atoms with Crippen LogP contribution in [-0.4, -0.2) is 6.29 Å². The minimum atomic E-state index is 0.491. The number of allylic oxidation sites excluding steroid dienone is 2. The number of halogens is 1. The molecule has 0 aromatic heterocycles. The standard InChI is InChI=1S/C9H11ClO/c10-9-7-3-1-6(2-4-7)8(9)5-11/h5-7H,1-4H2. The molecule has 0 unspecified atom stereocenters. The highest BCUT2D eigenvalue weighted by Crippen LogP contribution is 2.45. The third kappa shape index (κ3) is 1.02. The van der Waals surface area contributed by atoms with Gasteiger partial charge in [-0.1, -0.05) is 11.6 Å². The summed E-state index contributed by atoms with van der Waals surface area (Å²) in [5.74, 6) is 1.01. The number of carbonyl (C=O) groups excluding carboxylic acids is 1. The normalized spacial score (nSPS) is 36.1. The van der Waals surface area contributed by atoms with Crippen LogP contribution in [0.25, 0.3) is 0 Å². The minimum absolute atomic E-state index is 0.491. The maximum atomic E-state index is 10.6. The van der Waals surface area contributed by atoms with Gasteiger partial charge < -0.3 is 0 Å². The van der Waals surface area contributed by atoms with Crippen LogP contribution in [0.4, 0.5) is 0 Å². The van der Waals surface area contributed by atoms with Crippen molar-refractivity contribution < 1.29 is 4.79 Å². The van der Waals surface area contributed by atoms with E-state index in [2.05, 4.69) is 0 Å². The molecule has 0 N–H and O–H groups in total. The van der Waals surface area contributed by atoms with Gasteiger partial charge in [0.15, 0.2) is 0 Å². The Morgan fingerprint density at radius 1 is 1.18 bits per heavy atom. The average molecular weight is 171 g/mol. The largest absolute Gasteiger partial charge is 0.298 e.